The Kier molecular flexibility index (Phi) is 4.29. The second-order valence-electron chi connectivity index (χ2n) is 5.56. The average Bonchev–Trinajstić information content (AvgIpc) is 2.89. The van der Waals surface area contributed by atoms with Crippen LogP contribution in [0.15, 0.2) is 48.8 Å². The lowest BCUT2D eigenvalue weighted by Crippen LogP contribution is -2.30. The Hall–Kier alpha value is -3.15. The van der Waals surface area contributed by atoms with Crippen LogP contribution in [0.4, 0.5) is 5.95 Å². The molecule has 3 aromatic rings. The third-order valence-electron chi connectivity index (χ3n) is 3.89. The molecule has 0 bridgehead atoms. The van der Waals surface area contributed by atoms with E-state index in [2.05, 4.69) is 38.4 Å². The van der Waals surface area contributed by atoms with Gasteiger partial charge in [-0.2, -0.15) is 0 Å². The summed E-state index contributed by atoms with van der Waals surface area (Å²) >= 11 is 0. The zero-order valence-electron chi connectivity index (χ0n) is 13.9. The Morgan fingerprint density at radius 1 is 1.04 bits per heavy atom. The summed E-state index contributed by atoms with van der Waals surface area (Å²) in [5.41, 5.74) is 10.1. The van der Waals surface area contributed by atoms with Crippen molar-refractivity contribution in [1.29, 1.82) is 0 Å². The summed E-state index contributed by atoms with van der Waals surface area (Å²) in [4.78, 5) is 20.5. The van der Waals surface area contributed by atoms with Crippen molar-refractivity contribution in [2.45, 2.75) is 20.8 Å². The molecule has 1 aromatic carbocycles. The number of aromatic nitrogens is 3. The molecule has 0 atom stereocenters. The topological polar surface area (TPSA) is 71.8 Å². The zero-order chi connectivity index (χ0) is 17.1. The highest BCUT2D eigenvalue weighted by molar-refractivity contribution is 5.96. The molecule has 0 radical (unpaired) electrons. The summed E-state index contributed by atoms with van der Waals surface area (Å²) in [6.45, 7) is 5.99. The number of nitrogens with one attached hydrogen (secondary N) is 2. The van der Waals surface area contributed by atoms with E-state index in [1.807, 2.05) is 38.1 Å². The van der Waals surface area contributed by atoms with Crippen molar-refractivity contribution in [3.05, 3.63) is 71.3 Å². The van der Waals surface area contributed by atoms with Crippen molar-refractivity contribution in [3.63, 3.8) is 0 Å². The molecule has 6 heteroatoms. The third kappa shape index (κ3) is 2.99. The molecule has 0 saturated carbocycles. The fourth-order valence-electron chi connectivity index (χ4n) is 2.72. The third-order valence-corrected chi connectivity index (χ3v) is 3.89. The van der Waals surface area contributed by atoms with Gasteiger partial charge in [-0.05, 0) is 44.5 Å². The number of anilines is 1. The van der Waals surface area contributed by atoms with E-state index >= 15 is 0 Å². The van der Waals surface area contributed by atoms with Gasteiger partial charge in [0.15, 0.2) is 0 Å². The van der Waals surface area contributed by atoms with Crippen molar-refractivity contribution >= 4 is 11.9 Å². The SMILES string of the molecule is Cc1ccccc1-n1c(C)cc(C(=O)NNc2ncccn2)c1C. The lowest BCUT2D eigenvalue weighted by Gasteiger charge is -2.13. The average molecular weight is 321 g/mol. The smallest absolute Gasteiger partial charge is 0.271 e. The number of hydrogen-bond donors (Lipinski definition) is 2. The first-order valence-corrected chi connectivity index (χ1v) is 7.66. The normalized spacial score (nSPS) is 10.5. The second-order valence-corrected chi connectivity index (χ2v) is 5.56. The molecule has 3 rings (SSSR count). The Morgan fingerprint density at radius 2 is 1.75 bits per heavy atom. The van der Waals surface area contributed by atoms with Crippen LogP contribution in [0.5, 0.6) is 0 Å². The fourth-order valence-corrected chi connectivity index (χ4v) is 2.72. The number of aryl methyl sites for hydroxylation is 2. The van der Waals surface area contributed by atoms with E-state index in [4.69, 9.17) is 0 Å². The molecule has 0 unspecified atom stereocenters. The molecule has 0 saturated heterocycles. The van der Waals surface area contributed by atoms with Crippen LogP contribution in [0.2, 0.25) is 0 Å². The number of rotatable bonds is 4. The standard InChI is InChI=1S/C18H19N5O/c1-12-7-4-5-8-16(12)23-13(2)11-15(14(23)3)17(24)21-22-18-19-9-6-10-20-18/h4-11H,1-3H3,(H,21,24)(H,19,20,22). The van der Waals surface area contributed by atoms with Crippen LogP contribution < -0.4 is 10.9 Å². The lowest BCUT2D eigenvalue weighted by atomic mass is 10.2. The molecule has 0 spiro atoms. The van der Waals surface area contributed by atoms with E-state index < -0.39 is 0 Å². The highest BCUT2D eigenvalue weighted by Gasteiger charge is 2.17. The van der Waals surface area contributed by atoms with Gasteiger partial charge in [0.25, 0.3) is 5.91 Å². The number of carbonyl (C=O) groups is 1. The predicted molar refractivity (Wildman–Crippen MR) is 93.1 cm³/mol. The summed E-state index contributed by atoms with van der Waals surface area (Å²) in [7, 11) is 0. The maximum Gasteiger partial charge on any atom is 0.271 e. The highest BCUT2D eigenvalue weighted by atomic mass is 16.2. The quantitative estimate of drug-likeness (QED) is 0.725. The van der Waals surface area contributed by atoms with E-state index in [-0.39, 0.29) is 5.91 Å². The largest absolute Gasteiger partial charge is 0.317 e. The molecule has 2 N–H and O–H groups in total. The number of hydrogen-bond acceptors (Lipinski definition) is 4. The van der Waals surface area contributed by atoms with E-state index in [0.29, 0.717) is 11.5 Å². The molecule has 0 aliphatic rings. The molecule has 6 nitrogen and oxygen atoms in total. The maximum absolute atomic E-state index is 12.5. The highest BCUT2D eigenvalue weighted by Crippen LogP contribution is 2.23. The van der Waals surface area contributed by atoms with Gasteiger partial charge in [-0.25, -0.2) is 9.97 Å². The monoisotopic (exact) mass is 321 g/mol. The van der Waals surface area contributed by atoms with Crippen LogP contribution in [0.1, 0.15) is 27.3 Å². The fraction of sp³-hybridized carbons (Fsp3) is 0.167. The predicted octanol–water partition coefficient (Wildman–Crippen LogP) is 2.95. The summed E-state index contributed by atoms with van der Waals surface area (Å²) in [5.74, 6) is 0.119. The Morgan fingerprint density at radius 3 is 2.46 bits per heavy atom. The molecule has 0 fully saturated rings. The Labute approximate surface area is 140 Å². The minimum absolute atomic E-state index is 0.226. The van der Waals surface area contributed by atoms with Gasteiger partial charge >= 0.3 is 0 Å². The molecule has 2 aromatic heterocycles. The van der Waals surface area contributed by atoms with Gasteiger partial charge in [-0.15, -0.1) is 0 Å². The number of carbonyl (C=O) groups excluding carboxylic acids is 1. The summed E-state index contributed by atoms with van der Waals surface area (Å²) in [5, 5.41) is 0. The van der Waals surface area contributed by atoms with Gasteiger partial charge in [0.05, 0.1) is 5.56 Å². The van der Waals surface area contributed by atoms with E-state index in [1.165, 1.54) is 0 Å². The summed E-state index contributed by atoms with van der Waals surface area (Å²) < 4.78 is 2.09. The van der Waals surface area contributed by atoms with E-state index in [0.717, 1.165) is 22.6 Å². The van der Waals surface area contributed by atoms with Gasteiger partial charge in [0, 0.05) is 29.5 Å². The summed E-state index contributed by atoms with van der Waals surface area (Å²) in [6, 6.07) is 11.7. The van der Waals surface area contributed by atoms with Gasteiger partial charge < -0.3 is 4.57 Å². The number of hydrazine groups is 1. The van der Waals surface area contributed by atoms with Crippen molar-refractivity contribution in [2.24, 2.45) is 0 Å². The minimum atomic E-state index is -0.226. The summed E-state index contributed by atoms with van der Waals surface area (Å²) in [6.07, 6.45) is 3.21. The van der Waals surface area contributed by atoms with Crippen LogP contribution in [0, 0.1) is 20.8 Å². The van der Waals surface area contributed by atoms with Crippen LogP contribution in [0.3, 0.4) is 0 Å². The van der Waals surface area contributed by atoms with Crippen molar-refractivity contribution in [1.82, 2.24) is 20.0 Å². The maximum atomic E-state index is 12.5. The lowest BCUT2D eigenvalue weighted by molar-refractivity contribution is 0.0961. The van der Waals surface area contributed by atoms with Crippen LogP contribution >= 0.6 is 0 Å². The van der Waals surface area contributed by atoms with Crippen LogP contribution in [0.25, 0.3) is 5.69 Å². The van der Waals surface area contributed by atoms with E-state index in [1.54, 1.807) is 18.5 Å². The molecule has 2 heterocycles. The first-order valence-electron chi connectivity index (χ1n) is 7.66. The zero-order valence-corrected chi connectivity index (χ0v) is 13.9. The number of nitrogens with zero attached hydrogens (tertiary/aromatic N) is 3. The number of amides is 1. The molecule has 24 heavy (non-hydrogen) atoms. The minimum Gasteiger partial charge on any atom is -0.317 e. The first-order chi connectivity index (χ1) is 11.6. The van der Waals surface area contributed by atoms with Crippen molar-refractivity contribution < 1.29 is 4.79 Å². The van der Waals surface area contributed by atoms with Gasteiger partial charge in [-0.3, -0.25) is 15.6 Å². The van der Waals surface area contributed by atoms with Gasteiger partial charge in [0.1, 0.15) is 0 Å². The Balaban J connectivity index is 1.86. The van der Waals surface area contributed by atoms with Gasteiger partial charge in [-0.1, -0.05) is 18.2 Å². The molecule has 122 valence electrons. The Bertz CT molecular complexity index is 870. The molecule has 0 aliphatic heterocycles. The van der Waals surface area contributed by atoms with Crippen molar-refractivity contribution in [2.75, 3.05) is 5.43 Å². The first kappa shape index (κ1) is 15.7. The van der Waals surface area contributed by atoms with Gasteiger partial charge in [0.2, 0.25) is 5.95 Å². The molecular formula is C18H19N5O. The number of para-hydroxylation sites is 1. The number of benzene rings is 1. The second kappa shape index (κ2) is 6.54. The van der Waals surface area contributed by atoms with Crippen LogP contribution in [-0.4, -0.2) is 20.4 Å². The molecular weight excluding hydrogens is 302 g/mol. The molecule has 0 aliphatic carbocycles. The van der Waals surface area contributed by atoms with E-state index in [9.17, 15) is 4.79 Å². The molecule has 1 amide bonds. The van der Waals surface area contributed by atoms with Crippen LogP contribution in [-0.2, 0) is 0 Å². The van der Waals surface area contributed by atoms with Crippen molar-refractivity contribution in [3.8, 4) is 5.69 Å².